The molecule has 0 spiro atoms. The van der Waals surface area contributed by atoms with Gasteiger partial charge in [-0.3, -0.25) is 4.79 Å². The fourth-order valence-electron chi connectivity index (χ4n) is 2.84. The molecule has 0 saturated heterocycles. The average Bonchev–Trinajstić information content (AvgIpc) is 3.33. The van der Waals surface area contributed by atoms with Crippen LogP contribution < -0.4 is 10.6 Å². The maximum atomic E-state index is 11.9. The highest BCUT2D eigenvalue weighted by Crippen LogP contribution is 2.21. The molecule has 8 nitrogen and oxygen atoms in total. The van der Waals surface area contributed by atoms with E-state index in [1.54, 1.807) is 35.3 Å². The lowest BCUT2D eigenvalue weighted by Gasteiger charge is -2.08. The maximum Gasteiger partial charge on any atom is 0.252 e. The average molecular weight is 395 g/mol. The molecule has 0 radical (unpaired) electrons. The summed E-state index contributed by atoms with van der Waals surface area (Å²) in [5.41, 5.74) is 3.88. The summed E-state index contributed by atoms with van der Waals surface area (Å²) in [7, 11) is 0. The molecule has 4 aromatic rings. The Balaban J connectivity index is 1.47. The molecule has 146 valence electrons. The third-order valence-corrected chi connectivity index (χ3v) is 4.32. The Morgan fingerprint density at radius 2 is 1.83 bits per heavy atom. The predicted molar refractivity (Wildman–Crippen MR) is 112 cm³/mol. The van der Waals surface area contributed by atoms with Crippen LogP contribution in [-0.2, 0) is 0 Å². The molecule has 1 amide bonds. The van der Waals surface area contributed by atoms with E-state index >= 15 is 0 Å². The molecule has 0 aliphatic carbocycles. The van der Waals surface area contributed by atoms with Crippen LogP contribution in [0.15, 0.2) is 79.3 Å². The molecule has 0 fully saturated rings. The Morgan fingerprint density at radius 1 is 1.03 bits per heavy atom. The molecule has 2 aromatic carbocycles. The molecule has 4 rings (SSSR count). The lowest BCUT2D eigenvalue weighted by Crippen LogP contribution is -2.23. The van der Waals surface area contributed by atoms with Crippen LogP contribution >= 0.6 is 0 Å². The molecule has 0 atom stereocenters. The Morgan fingerprint density at radius 3 is 2.53 bits per heavy atom. The van der Waals surface area contributed by atoms with Crippen molar-refractivity contribution in [2.75, 3.05) is 11.9 Å². The summed E-state index contributed by atoms with van der Waals surface area (Å²) in [4.78, 5) is 20.7. The number of benzene rings is 2. The Hall–Kier alpha value is -4.51. The molecular formula is C22H17N7O. The molecule has 2 heterocycles. The van der Waals surface area contributed by atoms with Crippen LogP contribution in [0.1, 0.15) is 10.4 Å². The van der Waals surface area contributed by atoms with E-state index in [1.165, 1.54) is 0 Å². The third kappa shape index (κ3) is 4.31. The van der Waals surface area contributed by atoms with E-state index in [0.717, 1.165) is 22.6 Å². The van der Waals surface area contributed by atoms with Gasteiger partial charge in [-0.25, -0.2) is 14.6 Å². The van der Waals surface area contributed by atoms with E-state index in [4.69, 9.17) is 5.26 Å². The molecule has 0 saturated carbocycles. The topological polar surface area (TPSA) is 109 Å². The number of nitrogens with one attached hydrogen (secondary N) is 2. The lowest BCUT2D eigenvalue weighted by molar-refractivity contribution is 0.0958. The van der Waals surface area contributed by atoms with Crippen molar-refractivity contribution in [1.82, 2.24) is 25.1 Å². The van der Waals surface area contributed by atoms with Gasteiger partial charge < -0.3 is 10.6 Å². The van der Waals surface area contributed by atoms with Gasteiger partial charge in [-0.2, -0.15) is 10.4 Å². The minimum Gasteiger partial charge on any atom is -0.339 e. The van der Waals surface area contributed by atoms with Crippen LogP contribution in [0.25, 0.3) is 16.9 Å². The van der Waals surface area contributed by atoms with Crippen LogP contribution in [-0.4, -0.2) is 32.2 Å². The summed E-state index contributed by atoms with van der Waals surface area (Å²) in [6, 6.07) is 20.4. The second-order valence-corrected chi connectivity index (χ2v) is 6.31. The zero-order valence-electron chi connectivity index (χ0n) is 15.9. The van der Waals surface area contributed by atoms with Crippen molar-refractivity contribution in [3.8, 4) is 23.0 Å². The minimum absolute atomic E-state index is 0.0234. The van der Waals surface area contributed by atoms with Crippen LogP contribution in [0.3, 0.4) is 0 Å². The Kier molecular flexibility index (Phi) is 5.44. The van der Waals surface area contributed by atoms with Crippen molar-refractivity contribution in [1.29, 1.82) is 5.26 Å². The van der Waals surface area contributed by atoms with Gasteiger partial charge in [-0.15, -0.1) is 0 Å². The molecule has 0 bridgehead atoms. The van der Waals surface area contributed by atoms with Gasteiger partial charge in [0.1, 0.15) is 6.54 Å². The number of hydrogen-bond acceptors (Lipinski definition) is 6. The first-order valence-electron chi connectivity index (χ1n) is 9.19. The van der Waals surface area contributed by atoms with Crippen molar-refractivity contribution >= 4 is 17.5 Å². The number of rotatable bonds is 6. The van der Waals surface area contributed by atoms with E-state index in [1.807, 2.05) is 54.7 Å². The minimum atomic E-state index is -0.285. The number of hydrogen-bond donors (Lipinski definition) is 2. The molecule has 30 heavy (non-hydrogen) atoms. The van der Waals surface area contributed by atoms with Crippen LogP contribution in [0.5, 0.6) is 0 Å². The smallest absolute Gasteiger partial charge is 0.252 e. The summed E-state index contributed by atoms with van der Waals surface area (Å²) >= 11 is 0. The standard InChI is InChI=1S/C22H17N7O/c23-11-14-24-21(30)17-4-2-16(3-5-17)20-10-13-25-22(28-20)27-18-6-8-19(9-7-18)29-15-1-12-26-29/h1-10,12-13,15H,14H2,(H,24,30)(H,25,27,28). The lowest BCUT2D eigenvalue weighted by atomic mass is 10.1. The molecule has 0 aliphatic heterocycles. The molecule has 0 aliphatic rings. The van der Waals surface area contributed by atoms with Crippen molar-refractivity contribution in [2.24, 2.45) is 0 Å². The molecule has 8 heteroatoms. The van der Waals surface area contributed by atoms with Gasteiger partial charge in [0.15, 0.2) is 0 Å². The van der Waals surface area contributed by atoms with Crippen LogP contribution in [0.4, 0.5) is 11.6 Å². The number of anilines is 2. The highest BCUT2D eigenvalue weighted by atomic mass is 16.1. The monoisotopic (exact) mass is 395 g/mol. The SMILES string of the molecule is N#CCNC(=O)c1ccc(-c2ccnc(Nc3ccc(-n4cccn4)cc3)n2)cc1. The zero-order chi connectivity index (χ0) is 20.8. The van der Waals surface area contributed by atoms with Gasteiger partial charge in [0.25, 0.3) is 5.91 Å². The number of carbonyl (C=O) groups excluding carboxylic acids is 1. The second kappa shape index (κ2) is 8.67. The molecule has 0 unspecified atom stereocenters. The first-order chi connectivity index (χ1) is 14.7. The fourth-order valence-corrected chi connectivity index (χ4v) is 2.84. The highest BCUT2D eigenvalue weighted by molar-refractivity contribution is 5.94. The summed E-state index contributed by atoms with van der Waals surface area (Å²) in [5.74, 6) is 0.182. The van der Waals surface area contributed by atoms with E-state index < -0.39 is 0 Å². The van der Waals surface area contributed by atoms with Gasteiger partial charge in [0.2, 0.25) is 5.95 Å². The zero-order valence-corrected chi connectivity index (χ0v) is 15.9. The summed E-state index contributed by atoms with van der Waals surface area (Å²) in [5, 5.41) is 18.5. The van der Waals surface area contributed by atoms with Crippen molar-refractivity contribution in [3.05, 3.63) is 84.8 Å². The maximum absolute atomic E-state index is 11.9. The Bertz CT molecular complexity index is 1180. The fraction of sp³-hybridized carbons (Fsp3) is 0.0455. The summed E-state index contributed by atoms with van der Waals surface area (Å²) < 4.78 is 1.78. The Labute approximate surface area is 172 Å². The second-order valence-electron chi connectivity index (χ2n) is 6.31. The normalized spacial score (nSPS) is 10.2. The third-order valence-electron chi connectivity index (χ3n) is 4.32. The number of nitrogens with zero attached hydrogens (tertiary/aromatic N) is 5. The van der Waals surface area contributed by atoms with Crippen molar-refractivity contribution < 1.29 is 4.79 Å². The number of carbonyl (C=O) groups is 1. The van der Waals surface area contributed by atoms with Gasteiger partial charge in [0, 0.05) is 35.4 Å². The van der Waals surface area contributed by atoms with Crippen LogP contribution in [0.2, 0.25) is 0 Å². The van der Waals surface area contributed by atoms with Crippen LogP contribution in [0, 0.1) is 11.3 Å². The summed E-state index contributed by atoms with van der Waals surface area (Å²) in [6.45, 7) is -0.0234. The number of nitriles is 1. The first kappa shape index (κ1) is 18.8. The van der Waals surface area contributed by atoms with E-state index in [9.17, 15) is 4.79 Å². The van der Waals surface area contributed by atoms with Gasteiger partial charge in [-0.05, 0) is 48.5 Å². The number of amides is 1. The molecular weight excluding hydrogens is 378 g/mol. The number of aromatic nitrogens is 4. The van der Waals surface area contributed by atoms with Gasteiger partial charge in [-0.1, -0.05) is 12.1 Å². The van der Waals surface area contributed by atoms with E-state index in [2.05, 4.69) is 25.7 Å². The largest absolute Gasteiger partial charge is 0.339 e. The van der Waals surface area contributed by atoms with Crippen molar-refractivity contribution in [3.63, 3.8) is 0 Å². The quantitative estimate of drug-likeness (QED) is 0.485. The van der Waals surface area contributed by atoms with Crippen molar-refractivity contribution in [2.45, 2.75) is 0 Å². The van der Waals surface area contributed by atoms with Gasteiger partial charge in [0.05, 0.1) is 17.5 Å². The van der Waals surface area contributed by atoms with E-state index in [-0.39, 0.29) is 12.5 Å². The highest BCUT2D eigenvalue weighted by Gasteiger charge is 2.07. The first-order valence-corrected chi connectivity index (χ1v) is 9.19. The molecule has 2 aromatic heterocycles. The van der Waals surface area contributed by atoms with Gasteiger partial charge >= 0.3 is 0 Å². The molecule has 2 N–H and O–H groups in total. The summed E-state index contributed by atoms with van der Waals surface area (Å²) in [6.07, 6.45) is 5.29. The van der Waals surface area contributed by atoms with E-state index in [0.29, 0.717) is 11.5 Å². The predicted octanol–water partition coefficient (Wildman–Crippen LogP) is 3.33.